The first-order valence-corrected chi connectivity index (χ1v) is 11.6. The fourth-order valence-electron chi connectivity index (χ4n) is 3.79. The SMILES string of the molecule is Cc1ccc(S(=O)(=O)N2CCC[C@H]2C(=O)NC(C)c2ccc(-n3cncn3)cc2)cc1. The largest absolute Gasteiger partial charge is 0.348 e. The standard InChI is InChI=1S/C22H25N5O3S/c1-16-5-11-20(12-6-16)31(29,30)27-13-3-4-21(27)22(28)25-17(2)18-7-9-19(10-8-18)26-15-23-14-24-26/h5-12,14-15,17,21H,3-4,13H2,1-2H3,(H,25,28)/t17?,21-/m0/s1. The summed E-state index contributed by atoms with van der Waals surface area (Å²) in [7, 11) is -3.72. The van der Waals surface area contributed by atoms with Gasteiger partial charge in [-0.1, -0.05) is 29.8 Å². The molecular weight excluding hydrogens is 414 g/mol. The molecule has 0 spiro atoms. The summed E-state index contributed by atoms with van der Waals surface area (Å²) in [5.74, 6) is -0.277. The normalized spacial score (nSPS) is 18.1. The van der Waals surface area contributed by atoms with Crippen molar-refractivity contribution in [2.75, 3.05) is 6.54 Å². The van der Waals surface area contributed by atoms with Crippen LogP contribution in [0.5, 0.6) is 0 Å². The first-order chi connectivity index (χ1) is 14.9. The van der Waals surface area contributed by atoms with Gasteiger partial charge in [-0.3, -0.25) is 4.79 Å². The molecule has 1 saturated heterocycles. The molecule has 2 atom stereocenters. The summed E-state index contributed by atoms with van der Waals surface area (Å²) in [5, 5.41) is 7.07. The number of aryl methyl sites for hydroxylation is 1. The number of benzene rings is 2. The van der Waals surface area contributed by atoms with Gasteiger partial charge in [0, 0.05) is 6.54 Å². The van der Waals surface area contributed by atoms with Crippen molar-refractivity contribution in [3.63, 3.8) is 0 Å². The predicted octanol–water partition coefficient (Wildman–Crippen LogP) is 2.61. The Morgan fingerprint density at radius 1 is 1.13 bits per heavy atom. The predicted molar refractivity (Wildman–Crippen MR) is 116 cm³/mol. The Labute approximate surface area is 182 Å². The molecule has 1 amide bonds. The van der Waals surface area contributed by atoms with Crippen molar-refractivity contribution < 1.29 is 13.2 Å². The number of aromatic nitrogens is 3. The van der Waals surface area contributed by atoms with Gasteiger partial charge in [-0.05, 0) is 56.5 Å². The van der Waals surface area contributed by atoms with E-state index >= 15 is 0 Å². The summed E-state index contributed by atoms with van der Waals surface area (Å²) in [6, 6.07) is 13.4. The van der Waals surface area contributed by atoms with E-state index in [4.69, 9.17) is 0 Å². The number of sulfonamides is 1. The van der Waals surface area contributed by atoms with Crippen LogP contribution in [0.1, 0.15) is 36.9 Å². The van der Waals surface area contributed by atoms with Crippen molar-refractivity contribution in [3.05, 3.63) is 72.3 Å². The molecule has 162 valence electrons. The molecule has 31 heavy (non-hydrogen) atoms. The van der Waals surface area contributed by atoms with Gasteiger partial charge in [-0.2, -0.15) is 9.40 Å². The topological polar surface area (TPSA) is 97.2 Å². The van der Waals surface area contributed by atoms with Gasteiger partial charge >= 0.3 is 0 Å². The molecule has 2 aromatic carbocycles. The summed E-state index contributed by atoms with van der Waals surface area (Å²) in [5.41, 5.74) is 2.77. The third-order valence-corrected chi connectivity index (χ3v) is 7.49. The summed E-state index contributed by atoms with van der Waals surface area (Å²) in [4.78, 5) is 17.1. The fourth-order valence-corrected chi connectivity index (χ4v) is 5.44. The molecule has 0 radical (unpaired) electrons. The van der Waals surface area contributed by atoms with E-state index in [9.17, 15) is 13.2 Å². The average Bonchev–Trinajstić information content (AvgIpc) is 3.47. The van der Waals surface area contributed by atoms with Crippen LogP contribution in [0, 0.1) is 6.92 Å². The molecule has 1 unspecified atom stereocenters. The van der Waals surface area contributed by atoms with E-state index in [0.29, 0.717) is 19.4 Å². The molecule has 1 aromatic heterocycles. The highest BCUT2D eigenvalue weighted by Gasteiger charge is 2.39. The quantitative estimate of drug-likeness (QED) is 0.637. The zero-order valence-electron chi connectivity index (χ0n) is 17.5. The van der Waals surface area contributed by atoms with Crippen LogP contribution in [0.2, 0.25) is 0 Å². The Balaban J connectivity index is 1.46. The lowest BCUT2D eigenvalue weighted by molar-refractivity contribution is -0.124. The van der Waals surface area contributed by atoms with Gasteiger partial charge in [0.1, 0.15) is 18.7 Å². The van der Waals surface area contributed by atoms with E-state index < -0.39 is 16.1 Å². The van der Waals surface area contributed by atoms with Crippen molar-refractivity contribution in [2.45, 2.75) is 43.7 Å². The Morgan fingerprint density at radius 3 is 2.48 bits per heavy atom. The molecule has 1 aliphatic heterocycles. The zero-order chi connectivity index (χ0) is 22.0. The molecule has 1 aliphatic rings. The van der Waals surface area contributed by atoms with E-state index in [1.54, 1.807) is 35.3 Å². The average molecular weight is 440 g/mol. The number of rotatable bonds is 6. The smallest absolute Gasteiger partial charge is 0.243 e. The maximum atomic E-state index is 13.1. The minimum atomic E-state index is -3.72. The summed E-state index contributed by atoms with van der Waals surface area (Å²) >= 11 is 0. The van der Waals surface area contributed by atoms with Crippen LogP contribution in [0.15, 0.2) is 66.1 Å². The first-order valence-electron chi connectivity index (χ1n) is 10.2. The second kappa shape index (κ2) is 8.60. The molecule has 1 fully saturated rings. The Morgan fingerprint density at radius 2 is 1.84 bits per heavy atom. The second-order valence-electron chi connectivity index (χ2n) is 7.75. The number of carbonyl (C=O) groups is 1. The van der Waals surface area contributed by atoms with Crippen LogP contribution >= 0.6 is 0 Å². The maximum Gasteiger partial charge on any atom is 0.243 e. The van der Waals surface area contributed by atoms with Crippen molar-refractivity contribution in [1.82, 2.24) is 24.4 Å². The molecule has 2 heterocycles. The molecule has 8 nitrogen and oxygen atoms in total. The monoisotopic (exact) mass is 439 g/mol. The van der Waals surface area contributed by atoms with E-state index in [-0.39, 0.29) is 16.8 Å². The van der Waals surface area contributed by atoms with Crippen LogP contribution < -0.4 is 5.32 Å². The highest BCUT2D eigenvalue weighted by Crippen LogP contribution is 2.27. The van der Waals surface area contributed by atoms with Gasteiger partial charge in [-0.15, -0.1) is 0 Å². The number of amides is 1. The number of nitrogens with one attached hydrogen (secondary N) is 1. The third-order valence-electron chi connectivity index (χ3n) is 5.57. The lowest BCUT2D eigenvalue weighted by Gasteiger charge is -2.25. The Kier molecular flexibility index (Phi) is 5.88. The minimum absolute atomic E-state index is 0.217. The maximum absolute atomic E-state index is 13.1. The van der Waals surface area contributed by atoms with Gasteiger partial charge in [-0.25, -0.2) is 18.1 Å². The minimum Gasteiger partial charge on any atom is -0.348 e. The van der Waals surface area contributed by atoms with Gasteiger partial charge < -0.3 is 5.32 Å². The van der Waals surface area contributed by atoms with Crippen LogP contribution in [0.25, 0.3) is 5.69 Å². The Bertz CT molecular complexity index is 1140. The number of hydrogen-bond donors (Lipinski definition) is 1. The summed E-state index contributed by atoms with van der Waals surface area (Å²) in [6.07, 6.45) is 4.25. The highest BCUT2D eigenvalue weighted by atomic mass is 32.2. The molecule has 0 bridgehead atoms. The van der Waals surface area contributed by atoms with Gasteiger partial charge in [0.25, 0.3) is 0 Å². The molecule has 9 heteroatoms. The van der Waals surface area contributed by atoms with Crippen LogP contribution in [-0.2, 0) is 14.8 Å². The molecule has 4 rings (SSSR count). The van der Waals surface area contributed by atoms with E-state index in [0.717, 1.165) is 16.8 Å². The summed E-state index contributed by atoms with van der Waals surface area (Å²) in [6.45, 7) is 4.13. The van der Waals surface area contributed by atoms with Crippen molar-refractivity contribution in [3.8, 4) is 5.69 Å². The molecule has 3 aromatic rings. The van der Waals surface area contributed by atoms with Crippen molar-refractivity contribution in [1.29, 1.82) is 0 Å². The number of carbonyl (C=O) groups excluding carboxylic acids is 1. The van der Waals surface area contributed by atoms with Gasteiger partial charge in [0.15, 0.2) is 0 Å². The van der Waals surface area contributed by atoms with E-state index in [1.165, 1.54) is 10.6 Å². The van der Waals surface area contributed by atoms with E-state index in [2.05, 4.69) is 15.4 Å². The Hall–Kier alpha value is -3.04. The van der Waals surface area contributed by atoms with Crippen molar-refractivity contribution in [2.24, 2.45) is 0 Å². The lowest BCUT2D eigenvalue weighted by atomic mass is 10.1. The second-order valence-corrected chi connectivity index (χ2v) is 9.64. The van der Waals surface area contributed by atoms with Crippen LogP contribution in [0.4, 0.5) is 0 Å². The lowest BCUT2D eigenvalue weighted by Crippen LogP contribution is -2.46. The number of nitrogens with zero attached hydrogens (tertiary/aromatic N) is 4. The highest BCUT2D eigenvalue weighted by molar-refractivity contribution is 7.89. The van der Waals surface area contributed by atoms with Crippen LogP contribution in [0.3, 0.4) is 0 Å². The fraction of sp³-hybridized carbons (Fsp3) is 0.318. The van der Waals surface area contributed by atoms with Crippen LogP contribution in [-0.4, -0.2) is 46.0 Å². The van der Waals surface area contributed by atoms with E-state index in [1.807, 2.05) is 38.1 Å². The molecule has 1 N–H and O–H groups in total. The first kappa shape index (κ1) is 21.2. The van der Waals surface area contributed by atoms with Crippen molar-refractivity contribution >= 4 is 15.9 Å². The molecule has 0 aliphatic carbocycles. The zero-order valence-corrected chi connectivity index (χ0v) is 18.3. The molecule has 0 saturated carbocycles. The number of hydrogen-bond acceptors (Lipinski definition) is 5. The molecular formula is C22H25N5O3S. The van der Waals surface area contributed by atoms with Gasteiger partial charge in [0.2, 0.25) is 15.9 Å². The summed E-state index contributed by atoms with van der Waals surface area (Å²) < 4.78 is 29.2. The third kappa shape index (κ3) is 4.38. The van der Waals surface area contributed by atoms with Gasteiger partial charge in [0.05, 0.1) is 16.6 Å².